The second-order valence-corrected chi connectivity index (χ2v) is 4.75. The first-order chi connectivity index (χ1) is 7.70. The summed E-state index contributed by atoms with van der Waals surface area (Å²) in [6.07, 6.45) is 0.689. The van der Waals surface area contributed by atoms with E-state index in [0.29, 0.717) is 13.0 Å². The first-order valence-electron chi connectivity index (χ1n) is 5.09. The third kappa shape index (κ3) is 2.23. The van der Waals surface area contributed by atoms with Crippen molar-refractivity contribution >= 4 is 33.3 Å². The van der Waals surface area contributed by atoms with Gasteiger partial charge in [0.25, 0.3) is 0 Å². The molecule has 86 valence electrons. The fourth-order valence-corrected chi connectivity index (χ4v) is 2.37. The first-order valence-corrected chi connectivity index (χ1v) is 5.90. The topological polar surface area (TPSA) is 84.1 Å². The van der Waals surface area contributed by atoms with Crippen LogP contribution in [0.2, 0.25) is 0 Å². The molecule has 0 bridgehead atoms. The monoisotopic (exact) mass is 238 g/mol. The Kier molecular flexibility index (Phi) is 3.21. The first kappa shape index (κ1) is 11.1. The van der Waals surface area contributed by atoms with Gasteiger partial charge in [-0.3, -0.25) is 0 Å². The molecular weight excluding hydrogens is 224 g/mol. The van der Waals surface area contributed by atoms with E-state index in [-0.39, 0.29) is 12.6 Å². The molecule has 0 saturated carbocycles. The highest BCUT2D eigenvalue weighted by atomic mass is 32.1. The fraction of sp³-hybridized carbons (Fsp3) is 0.400. The summed E-state index contributed by atoms with van der Waals surface area (Å²) in [7, 11) is 0. The molecule has 4 N–H and O–H groups in total. The highest BCUT2D eigenvalue weighted by molar-refractivity contribution is 7.18. The molecule has 0 aliphatic carbocycles. The smallest absolute Gasteiger partial charge is 0.223 e. The van der Waals surface area contributed by atoms with E-state index in [1.165, 1.54) is 4.88 Å². The molecule has 2 aromatic rings. The van der Waals surface area contributed by atoms with Gasteiger partial charge in [-0.1, -0.05) is 0 Å². The van der Waals surface area contributed by atoms with E-state index in [1.807, 2.05) is 13.0 Å². The predicted molar refractivity (Wildman–Crippen MR) is 66.8 cm³/mol. The van der Waals surface area contributed by atoms with Gasteiger partial charge in [-0.05, 0) is 19.4 Å². The van der Waals surface area contributed by atoms with Gasteiger partial charge in [0.2, 0.25) is 5.95 Å². The number of aliphatic hydroxyl groups is 1. The molecule has 2 heterocycles. The second-order valence-electron chi connectivity index (χ2n) is 3.51. The van der Waals surface area contributed by atoms with Gasteiger partial charge in [0.1, 0.15) is 10.6 Å². The Hall–Kier alpha value is -1.40. The van der Waals surface area contributed by atoms with Crippen molar-refractivity contribution in [3.63, 3.8) is 0 Å². The Bertz CT molecular complexity index is 497. The number of aryl methyl sites for hydroxylation is 1. The van der Waals surface area contributed by atoms with E-state index in [9.17, 15) is 0 Å². The zero-order valence-corrected chi connectivity index (χ0v) is 9.84. The van der Waals surface area contributed by atoms with Gasteiger partial charge < -0.3 is 16.2 Å². The fourth-order valence-electron chi connectivity index (χ4n) is 1.48. The number of rotatable bonds is 4. The molecule has 16 heavy (non-hydrogen) atoms. The van der Waals surface area contributed by atoms with Crippen molar-refractivity contribution in [3.05, 3.63) is 10.9 Å². The number of aromatic nitrogens is 2. The molecule has 0 aromatic carbocycles. The van der Waals surface area contributed by atoms with Crippen molar-refractivity contribution in [2.45, 2.75) is 13.3 Å². The minimum absolute atomic E-state index is 0.166. The molecule has 0 radical (unpaired) electrons. The van der Waals surface area contributed by atoms with Crippen molar-refractivity contribution in [3.8, 4) is 0 Å². The molecule has 0 amide bonds. The lowest BCUT2D eigenvalue weighted by atomic mass is 10.3. The highest BCUT2D eigenvalue weighted by Gasteiger charge is 2.08. The maximum absolute atomic E-state index is 8.72. The number of nitrogens with two attached hydrogens (primary N) is 1. The highest BCUT2D eigenvalue weighted by Crippen LogP contribution is 2.28. The van der Waals surface area contributed by atoms with E-state index in [4.69, 9.17) is 10.8 Å². The van der Waals surface area contributed by atoms with E-state index in [2.05, 4.69) is 15.3 Å². The van der Waals surface area contributed by atoms with Crippen LogP contribution < -0.4 is 11.1 Å². The molecule has 2 rings (SSSR count). The second kappa shape index (κ2) is 4.63. The third-order valence-electron chi connectivity index (χ3n) is 2.16. The molecule has 0 atom stereocenters. The zero-order chi connectivity index (χ0) is 11.5. The van der Waals surface area contributed by atoms with E-state index >= 15 is 0 Å². The summed E-state index contributed by atoms with van der Waals surface area (Å²) in [5, 5.41) is 12.9. The van der Waals surface area contributed by atoms with Crippen LogP contribution in [0.25, 0.3) is 10.2 Å². The van der Waals surface area contributed by atoms with Crippen LogP contribution in [0.3, 0.4) is 0 Å². The summed E-state index contributed by atoms with van der Waals surface area (Å²) < 4.78 is 0. The molecule has 0 unspecified atom stereocenters. The molecule has 0 aliphatic rings. The van der Waals surface area contributed by atoms with Crippen LogP contribution >= 0.6 is 11.3 Å². The van der Waals surface area contributed by atoms with Crippen molar-refractivity contribution in [2.24, 2.45) is 0 Å². The average molecular weight is 238 g/mol. The Balaban J connectivity index is 2.34. The lowest BCUT2D eigenvalue weighted by Crippen LogP contribution is -2.07. The normalized spacial score (nSPS) is 10.9. The van der Waals surface area contributed by atoms with E-state index in [0.717, 1.165) is 16.0 Å². The van der Waals surface area contributed by atoms with Crippen LogP contribution in [0.1, 0.15) is 11.3 Å². The number of aliphatic hydroxyl groups excluding tert-OH is 1. The SMILES string of the molecule is Cc1cc2c(NCCCO)nc(N)nc2s1. The summed E-state index contributed by atoms with van der Waals surface area (Å²) in [6, 6.07) is 2.04. The molecule has 0 aliphatic heterocycles. The van der Waals surface area contributed by atoms with Crippen molar-refractivity contribution in [1.29, 1.82) is 0 Å². The van der Waals surface area contributed by atoms with E-state index in [1.54, 1.807) is 11.3 Å². The standard InChI is InChI=1S/C10H14N4OS/c1-6-5-7-8(12-3-2-4-15)13-10(11)14-9(7)16-6/h5,15H,2-4H2,1H3,(H3,11,12,13,14). The Morgan fingerprint density at radius 1 is 1.50 bits per heavy atom. The number of hydrogen-bond donors (Lipinski definition) is 3. The van der Waals surface area contributed by atoms with Gasteiger partial charge >= 0.3 is 0 Å². The summed E-state index contributed by atoms with van der Waals surface area (Å²) in [4.78, 5) is 10.4. The molecule has 6 heteroatoms. The van der Waals surface area contributed by atoms with Crippen LogP contribution in [0, 0.1) is 6.92 Å². The van der Waals surface area contributed by atoms with Gasteiger partial charge in [0.15, 0.2) is 0 Å². The minimum Gasteiger partial charge on any atom is -0.396 e. The summed E-state index contributed by atoms with van der Waals surface area (Å²) in [6.45, 7) is 2.87. The Labute approximate surface area is 97.3 Å². The molecule has 0 spiro atoms. The van der Waals surface area contributed by atoms with Crippen LogP contribution in [0.15, 0.2) is 6.07 Å². The molecule has 0 saturated heterocycles. The zero-order valence-electron chi connectivity index (χ0n) is 9.03. The molecule has 0 fully saturated rings. The number of fused-ring (bicyclic) bond motifs is 1. The maximum atomic E-state index is 8.72. The molecule has 5 nitrogen and oxygen atoms in total. The maximum Gasteiger partial charge on any atom is 0.223 e. The number of anilines is 2. The number of hydrogen-bond acceptors (Lipinski definition) is 6. The van der Waals surface area contributed by atoms with Gasteiger partial charge in [-0.25, -0.2) is 4.98 Å². The van der Waals surface area contributed by atoms with Gasteiger partial charge in [0, 0.05) is 18.0 Å². The predicted octanol–water partition coefficient (Wildman–Crippen LogP) is 1.38. The van der Waals surface area contributed by atoms with Crippen molar-refractivity contribution in [1.82, 2.24) is 9.97 Å². The number of nitrogens with one attached hydrogen (secondary N) is 1. The number of nitrogens with zero attached hydrogens (tertiary/aromatic N) is 2. The summed E-state index contributed by atoms with van der Waals surface area (Å²) >= 11 is 1.60. The summed E-state index contributed by atoms with van der Waals surface area (Å²) in [5.74, 6) is 1.03. The van der Waals surface area contributed by atoms with Crippen LogP contribution in [-0.2, 0) is 0 Å². The lowest BCUT2D eigenvalue weighted by molar-refractivity contribution is 0.292. The average Bonchev–Trinajstić information content (AvgIpc) is 2.58. The number of nitrogen functional groups attached to an aromatic ring is 1. The van der Waals surface area contributed by atoms with Crippen molar-refractivity contribution in [2.75, 3.05) is 24.2 Å². The minimum atomic E-state index is 0.166. The largest absolute Gasteiger partial charge is 0.396 e. The summed E-state index contributed by atoms with van der Waals surface area (Å²) in [5.41, 5.74) is 5.63. The van der Waals surface area contributed by atoms with Gasteiger partial charge in [0.05, 0.1) is 5.39 Å². The Morgan fingerprint density at radius 3 is 3.06 bits per heavy atom. The van der Waals surface area contributed by atoms with Crippen LogP contribution in [0.5, 0.6) is 0 Å². The number of thiophene rings is 1. The van der Waals surface area contributed by atoms with Gasteiger partial charge in [-0.15, -0.1) is 11.3 Å². The van der Waals surface area contributed by atoms with Crippen LogP contribution in [0.4, 0.5) is 11.8 Å². The molecular formula is C10H14N4OS. The Morgan fingerprint density at radius 2 is 2.31 bits per heavy atom. The lowest BCUT2D eigenvalue weighted by Gasteiger charge is -2.05. The quantitative estimate of drug-likeness (QED) is 0.701. The van der Waals surface area contributed by atoms with Gasteiger partial charge in [-0.2, -0.15) is 4.98 Å². The van der Waals surface area contributed by atoms with Crippen molar-refractivity contribution < 1.29 is 5.11 Å². The third-order valence-corrected chi connectivity index (χ3v) is 3.10. The van der Waals surface area contributed by atoms with E-state index < -0.39 is 0 Å². The molecule has 2 aromatic heterocycles. The van der Waals surface area contributed by atoms with Crippen LogP contribution in [-0.4, -0.2) is 28.2 Å².